The molecule has 7 unspecified atom stereocenters. The van der Waals surface area contributed by atoms with Crippen LogP contribution in [0.5, 0.6) is 0 Å². The van der Waals surface area contributed by atoms with Crippen molar-refractivity contribution in [2.24, 2.45) is 0 Å². The average Bonchev–Trinajstić information content (AvgIpc) is 1.71. The quantitative estimate of drug-likeness (QED) is 0.0181. The lowest BCUT2D eigenvalue weighted by Gasteiger charge is -2.27. The topological polar surface area (TPSA) is 372 Å². The van der Waals surface area contributed by atoms with Crippen molar-refractivity contribution in [2.45, 2.75) is 298 Å². The summed E-state index contributed by atoms with van der Waals surface area (Å²) in [6, 6.07) is 0. The van der Waals surface area contributed by atoms with E-state index in [0.717, 1.165) is 184 Å². The molecule has 2 aliphatic heterocycles. The first kappa shape index (κ1) is 110. The standard InChI is InChI=1S/C16H28O6.C11H18O5.C11H18O3.C10H16O3.C9H14O5.2C9H14O3.C8H12O3/c1-5-7-11-19-13(3)21-15(17)9-10-16(18)22-14(4)20-12-8-6-2;1-4-5-8-15-9(2)16-11(13)7-6-10(12)14-3;1-3-11(12)14-9(2)13-10-7-5-4-6-8-10;1-8(2)9(11)13-10(12-3)6-4-5-7-10;1-4-9(11)14-8(3)13-6-5-12-7(2)10;1-7(2)9(10)12-8-5-3-4-6-11-8;1-3-8(10)12-9(11-2)6-4-5-7-9;1-2-7(9)11-8-5-3-4-6-10-8/h9-10,13-14H,5-8,11-12H2,1-4H3;6-7,9H,4-5,8H2,1-3H3;3,9-10H,1,4-8H2,2H3;1,4-7H2,2-3H3;4,8H,1,5-6H2,2-3H3;8H,1,3-6H2,2H3;3H,1,4-7H2,2H3;2,8H,1,3-6H2/b10-9-;7-6-;;;;;;. The minimum absolute atomic E-state index is 0.144. The molecule has 3 aliphatic carbocycles. The Labute approximate surface area is 675 Å². The first-order valence-electron chi connectivity index (χ1n) is 39.0. The highest BCUT2D eigenvalue weighted by Crippen LogP contribution is 2.35. The highest BCUT2D eigenvalue weighted by Gasteiger charge is 2.39. The lowest BCUT2D eigenvalue weighted by atomic mass is 9.98. The van der Waals surface area contributed by atoms with Gasteiger partial charge in [0.2, 0.25) is 36.7 Å². The van der Waals surface area contributed by atoms with Crippen LogP contribution in [0.2, 0.25) is 0 Å². The smallest absolute Gasteiger partial charge is 0.335 e. The minimum atomic E-state index is -0.671. The number of rotatable bonds is 39. The Kier molecular flexibility index (Phi) is 67.6. The number of carbonyl (C=O) groups is 11. The van der Waals surface area contributed by atoms with Gasteiger partial charge in [0, 0.05) is 119 Å². The Morgan fingerprint density at radius 1 is 0.395 bits per heavy atom. The lowest BCUT2D eigenvalue weighted by Crippen LogP contribution is -2.34. The van der Waals surface area contributed by atoms with Crippen molar-refractivity contribution < 1.29 is 147 Å². The minimum Gasteiger partial charge on any atom is -0.466 e. The van der Waals surface area contributed by atoms with Crippen LogP contribution in [0.3, 0.4) is 0 Å². The van der Waals surface area contributed by atoms with E-state index in [2.05, 4.69) is 53.7 Å². The van der Waals surface area contributed by atoms with Crippen LogP contribution >= 0.6 is 0 Å². The molecule has 114 heavy (non-hydrogen) atoms. The normalized spacial score (nSPS) is 17.5. The van der Waals surface area contributed by atoms with Crippen LogP contribution < -0.4 is 0 Å². The van der Waals surface area contributed by atoms with Crippen molar-refractivity contribution in [1.82, 2.24) is 0 Å². The number of carbonyl (C=O) groups excluding carboxylic acids is 11. The number of unbranched alkanes of at least 4 members (excludes halogenated alkanes) is 3. The largest absolute Gasteiger partial charge is 0.466 e. The Bertz CT molecular complexity index is 2800. The van der Waals surface area contributed by atoms with Crippen LogP contribution in [0, 0.1) is 0 Å². The van der Waals surface area contributed by atoms with Crippen LogP contribution in [-0.2, 0) is 147 Å². The predicted molar refractivity (Wildman–Crippen MR) is 420 cm³/mol. The first-order chi connectivity index (χ1) is 54.2. The molecule has 7 atom stereocenters. The van der Waals surface area contributed by atoms with Gasteiger partial charge in [0.05, 0.1) is 52.9 Å². The Morgan fingerprint density at radius 2 is 0.746 bits per heavy atom. The molecule has 652 valence electrons. The Morgan fingerprint density at radius 3 is 1.09 bits per heavy atom. The third-order valence-corrected chi connectivity index (χ3v) is 15.7. The van der Waals surface area contributed by atoms with E-state index in [1.807, 2.05) is 20.8 Å². The van der Waals surface area contributed by atoms with E-state index >= 15 is 0 Å². The van der Waals surface area contributed by atoms with E-state index in [0.29, 0.717) is 44.2 Å². The maximum Gasteiger partial charge on any atom is 0.335 e. The van der Waals surface area contributed by atoms with Gasteiger partial charge in [0.25, 0.3) is 0 Å². The van der Waals surface area contributed by atoms with Crippen molar-refractivity contribution in [2.75, 3.05) is 67.6 Å². The second-order valence-electron chi connectivity index (χ2n) is 25.8. The summed E-state index contributed by atoms with van der Waals surface area (Å²) in [5, 5.41) is 0. The second kappa shape index (κ2) is 70.2. The van der Waals surface area contributed by atoms with Gasteiger partial charge >= 0.3 is 65.7 Å². The molecule has 2 saturated heterocycles. The monoisotopic (exact) mass is 1630 g/mol. The molecule has 0 bridgehead atoms. The zero-order chi connectivity index (χ0) is 86.6. The average molecular weight is 1630 g/mol. The van der Waals surface area contributed by atoms with E-state index in [1.165, 1.54) is 39.4 Å². The van der Waals surface area contributed by atoms with E-state index < -0.39 is 90.8 Å². The number of ether oxygens (including phenoxy) is 20. The van der Waals surface area contributed by atoms with Gasteiger partial charge in [-0.2, -0.15) is 0 Å². The van der Waals surface area contributed by atoms with Crippen molar-refractivity contribution in [3.63, 3.8) is 0 Å². The van der Waals surface area contributed by atoms with Gasteiger partial charge in [-0.1, -0.05) is 98.8 Å². The summed E-state index contributed by atoms with van der Waals surface area (Å²) in [4.78, 5) is 120. The summed E-state index contributed by atoms with van der Waals surface area (Å²) in [5.74, 6) is -6.74. The molecule has 2 heterocycles. The van der Waals surface area contributed by atoms with E-state index in [1.54, 1.807) is 62.7 Å². The molecule has 0 aromatic rings. The summed E-state index contributed by atoms with van der Waals surface area (Å²) in [5.41, 5.74) is 0.840. The lowest BCUT2D eigenvalue weighted by molar-refractivity contribution is -0.215. The van der Waals surface area contributed by atoms with Gasteiger partial charge in [-0.05, 0) is 132 Å². The molecule has 5 rings (SSSR count). The van der Waals surface area contributed by atoms with Crippen molar-refractivity contribution in [3.05, 3.63) is 99.2 Å². The van der Waals surface area contributed by atoms with Crippen molar-refractivity contribution >= 4 is 65.7 Å². The molecule has 0 aromatic carbocycles. The molecule has 31 nitrogen and oxygen atoms in total. The predicted octanol–water partition coefficient (Wildman–Crippen LogP) is 14.0. The van der Waals surface area contributed by atoms with Crippen LogP contribution in [0.15, 0.2) is 99.2 Å². The fourth-order valence-electron chi connectivity index (χ4n) is 9.60. The summed E-state index contributed by atoms with van der Waals surface area (Å²) in [6.45, 7) is 42.4. The molecule has 5 fully saturated rings. The molecular weight excluding hydrogens is 1490 g/mol. The maximum absolute atomic E-state index is 11.5. The Balaban J connectivity index is -0.00000125. The Hall–Kier alpha value is -8.27. The van der Waals surface area contributed by atoms with Gasteiger partial charge < -0.3 is 94.7 Å². The molecule has 0 aromatic heterocycles. The third kappa shape index (κ3) is 63.1. The van der Waals surface area contributed by atoms with Crippen molar-refractivity contribution in [1.29, 1.82) is 0 Å². The van der Waals surface area contributed by atoms with Crippen LogP contribution in [0.1, 0.15) is 237 Å². The maximum atomic E-state index is 11.5. The third-order valence-electron chi connectivity index (χ3n) is 15.7. The summed E-state index contributed by atoms with van der Waals surface area (Å²) in [6.07, 6.45) is 30.0. The summed E-state index contributed by atoms with van der Waals surface area (Å²) >= 11 is 0. The number of methoxy groups -OCH3 is 3. The first-order valence-corrected chi connectivity index (χ1v) is 39.0. The van der Waals surface area contributed by atoms with Crippen molar-refractivity contribution in [3.8, 4) is 0 Å². The fraction of sp³-hybridized carbons (Fsp3) is 0.675. The van der Waals surface area contributed by atoms with E-state index in [9.17, 15) is 52.7 Å². The molecule has 0 amide bonds. The van der Waals surface area contributed by atoms with Crippen LogP contribution in [-0.4, -0.2) is 195 Å². The molecule has 5 aliphatic rings. The van der Waals surface area contributed by atoms with Gasteiger partial charge in [-0.15, -0.1) is 0 Å². The molecule has 31 heteroatoms. The van der Waals surface area contributed by atoms with E-state index in [-0.39, 0.29) is 49.8 Å². The van der Waals surface area contributed by atoms with Gasteiger partial charge in [0.15, 0.2) is 18.9 Å². The fourth-order valence-corrected chi connectivity index (χ4v) is 9.60. The second-order valence-corrected chi connectivity index (χ2v) is 25.8. The zero-order valence-electron chi connectivity index (χ0n) is 70.3. The molecular formula is C83H134O31. The van der Waals surface area contributed by atoms with E-state index in [4.69, 9.17) is 80.5 Å². The summed E-state index contributed by atoms with van der Waals surface area (Å²) < 4.78 is 101. The van der Waals surface area contributed by atoms with Crippen LogP contribution in [0.25, 0.3) is 0 Å². The van der Waals surface area contributed by atoms with Gasteiger partial charge in [-0.3, -0.25) is 4.79 Å². The number of hydrogen-bond donors (Lipinski definition) is 0. The molecule has 0 spiro atoms. The highest BCUT2D eigenvalue weighted by atomic mass is 16.7. The molecule has 0 N–H and O–H groups in total. The van der Waals surface area contributed by atoms with Gasteiger partial charge in [-0.25, -0.2) is 47.9 Å². The number of esters is 11. The SMILES string of the molecule is C=C(C)C(=O)OC1(OC)CCCC1.C=C(C)C(=O)OC1CCCCO1.C=CC(=O)OC(C)OC1CCCCC1.C=CC(=O)OC(C)OCCOC(C)=O.C=CC(=O)OC1(OC)CCCC1.C=CC(=O)OC1CCCCO1.CCCCOC(C)OC(=O)/C=C\C(=O)OC.CCCCOC(C)OC(=O)/C=C\C(=O)OC(C)OCCCC. The molecule has 3 saturated carbocycles. The van der Waals surface area contributed by atoms with Crippen LogP contribution in [0.4, 0.5) is 0 Å². The van der Waals surface area contributed by atoms with Gasteiger partial charge in [0.1, 0.15) is 6.61 Å². The highest BCUT2D eigenvalue weighted by molar-refractivity contribution is 5.92. The number of hydrogen-bond acceptors (Lipinski definition) is 31. The molecule has 0 radical (unpaired) electrons. The zero-order valence-corrected chi connectivity index (χ0v) is 70.3. The summed E-state index contributed by atoms with van der Waals surface area (Å²) in [7, 11) is 4.38.